The number of hydrogen-bond acceptors (Lipinski definition) is 4. The summed E-state index contributed by atoms with van der Waals surface area (Å²) in [6.45, 7) is 0. The second-order valence-corrected chi connectivity index (χ2v) is 2.12. The predicted molar refractivity (Wildman–Crippen MR) is 39.7 cm³/mol. The van der Waals surface area contributed by atoms with Crippen molar-refractivity contribution >= 4 is 17.9 Å². The smallest absolute Gasteiger partial charge is 0.472 e. The van der Waals surface area contributed by atoms with Gasteiger partial charge in [-0.25, -0.2) is 14.4 Å². The number of ether oxygens (including phenoxy) is 1. The van der Waals surface area contributed by atoms with Gasteiger partial charge >= 0.3 is 30.3 Å². The molecule has 102 valence electrons. The van der Waals surface area contributed by atoms with Crippen molar-refractivity contribution in [1.29, 1.82) is 0 Å². The van der Waals surface area contributed by atoms with Crippen molar-refractivity contribution in [1.82, 2.24) is 0 Å². The summed E-state index contributed by atoms with van der Waals surface area (Å²) in [5.74, 6) is -6.17. The molecule has 0 aliphatic carbocycles. The summed E-state index contributed by atoms with van der Waals surface area (Å²) >= 11 is 0. The average Bonchev–Trinajstić information content (AvgIpc) is 2.15. The van der Waals surface area contributed by atoms with E-state index >= 15 is 0 Å². The lowest BCUT2D eigenvalue weighted by atomic mass is 10.6. The molecule has 0 heterocycles. The summed E-state index contributed by atoms with van der Waals surface area (Å²) in [6, 6.07) is 0. The number of aliphatic carboxylic acids is 1. The van der Waals surface area contributed by atoms with Gasteiger partial charge in [0, 0.05) is 5.92 Å². The van der Waals surface area contributed by atoms with Gasteiger partial charge in [0.2, 0.25) is 0 Å². The normalized spacial score (nSPS) is 10.5. The Morgan fingerprint density at radius 1 is 0.944 bits per heavy atom. The Balaban J connectivity index is 0. The molecule has 11 heteroatoms. The molecule has 1 N–H and O–H groups in total. The molecule has 0 aromatic heterocycles. The van der Waals surface area contributed by atoms with Gasteiger partial charge in [0.05, 0.1) is 0 Å². The van der Waals surface area contributed by atoms with Gasteiger partial charge in [-0.3, -0.25) is 0 Å². The third kappa shape index (κ3) is 9.01. The molecular formula is C7H2F6O5. The van der Waals surface area contributed by atoms with Crippen LogP contribution in [-0.2, 0) is 19.1 Å². The van der Waals surface area contributed by atoms with Crippen molar-refractivity contribution in [3.8, 4) is 12.3 Å². The highest BCUT2D eigenvalue weighted by Crippen LogP contribution is 2.21. The van der Waals surface area contributed by atoms with Crippen LogP contribution < -0.4 is 0 Å². The van der Waals surface area contributed by atoms with Gasteiger partial charge in [0.1, 0.15) is 0 Å². The standard InChI is InChI=1S/C4F6O3.C3H2O2/c5-3(6,7)1(11)13-2(12)4(8,9)10;1-2-3(4)5/h;1H,(H,4,5). The topological polar surface area (TPSA) is 80.7 Å². The molecule has 0 saturated heterocycles. The van der Waals surface area contributed by atoms with Gasteiger partial charge in [0.25, 0.3) is 0 Å². The minimum atomic E-state index is -5.62. The van der Waals surface area contributed by atoms with Crippen molar-refractivity contribution in [3.63, 3.8) is 0 Å². The molecule has 0 rings (SSSR count). The molecule has 0 fully saturated rings. The Kier molecular flexibility index (Phi) is 6.52. The van der Waals surface area contributed by atoms with Gasteiger partial charge in [-0.15, -0.1) is 6.42 Å². The largest absolute Gasteiger partial charge is 0.491 e. The fourth-order valence-corrected chi connectivity index (χ4v) is 0.200. The lowest BCUT2D eigenvalue weighted by Crippen LogP contribution is -2.34. The monoisotopic (exact) mass is 280 g/mol. The van der Waals surface area contributed by atoms with E-state index in [2.05, 4.69) is 11.2 Å². The molecule has 0 spiro atoms. The van der Waals surface area contributed by atoms with Gasteiger partial charge in [-0.1, -0.05) is 0 Å². The number of carbonyl (C=O) groups excluding carboxylic acids is 2. The first-order chi connectivity index (χ1) is 7.82. The Bertz CT molecular complexity index is 349. The fraction of sp³-hybridized carbons (Fsp3) is 0.286. The van der Waals surface area contributed by atoms with Crippen molar-refractivity contribution in [2.24, 2.45) is 0 Å². The molecule has 0 amide bonds. The van der Waals surface area contributed by atoms with Crippen LogP contribution in [-0.4, -0.2) is 35.4 Å². The molecule has 5 nitrogen and oxygen atoms in total. The molecule has 0 aromatic rings. The summed E-state index contributed by atoms with van der Waals surface area (Å²) < 4.78 is 69.7. The second kappa shape index (κ2) is 6.48. The number of terminal acetylenes is 1. The summed E-state index contributed by atoms with van der Waals surface area (Å²) in [7, 11) is 0. The zero-order chi connectivity index (χ0) is 15.1. The minimum absolute atomic E-state index is 1.22. The zero-order valence-electron chi connectivity index (χ0n) is 7.93. The number of alkyl halides is 6. The molecule has 0 aromatic carbocycles. The number of carbonyl (C=O) groups is 3. The van der Waals surface area contributed by atoms with Crippen LogP contribution >= 0.6 is 0 Å². The van der Waals surface area contributed by atoms with Gasteiger partial charge in [-0.2, -0.15) is 26.3 Å². The molecule has 0 atom stereocenters. The highest BCUT2D eigenvalue weighted by atomic mass is 19.4. The first-order valence-electron chi connectivity index (χ1n) is 3.42. The van der Waals surface area contributed by atoms with Crippen molar-refractivity contribution in [2.45, 2.75) is 12.4 Å². The van der Waals surface area contributed by atoms with Gasteiger partial charge < -0.3 is 9.84 Å². The fourth-order valence-electron chi connectivity index (χ4n) is 0.200. The molecule has 0 bridgehead atoms. The third-order valence-electron chi connectivity index (χ3n) is 0.772. The average molecular weight is 280 g/mol. The van der Waals surface area contributed by atoms with E-state index in [4.69, 9.17) is 9.90 Å². The van der Waals surface area contributed by atoms with E-state index in [1.54, 1.807) is 0 Å². The predicted octanol–water partition coefficient (Wildman–Crippen LogP) is 0.885. The molecule has 18 heavy (non-hydrogen) atoms. The van der Waals surface area contributed by atoms with Crippen molar-refractivity contribution in [3.05, 3.63) is 0 Å². The minimum Gasteiger partial charge on any atom is -0.472 e. The van der Waals surface area contributed by atoms with Crippen LogP contribution in [0.2, 0.25) is 0 Å². The maximum atomic E-state index is 11.2. The van der Waals surface area contributed by atoms with Crippen molar-refractivity contribution < 1.29 is 50.6 Å². The van der Waals surface area contributed by atoms with Crippen LogP contribution in [0.25, 0.3) is 0 Å². The molecule has 0 aliphatic heterocycles. The number of carboxylic acid groups (broad SMARTS) is 1. The van der Waals surface area contributed by atoms with Crippen LogP contribution in [0.4, 0.5) is 26.3 Å². The van der Waals surface area contributed by atoms with E-state index in [9.17, 15) is 35.9 Å². The molecule has 0 unspecified atom stereocenters. The lowest BCUT2D eigenvalue weighted by molar-refractivity contribution is -0.221. The summed E-state index contributed by atoms with van der Waals surface area (Å²) in [5.41, 5.74) is 0. The SMILES string of the molecule is C#CC(=O)O.O=C(OC(=O)C(F)(F)F)C(F)(F)F. The van der Waals surface area contributed by atoms with Gasteiger partial charge in [0.15, 0.2) is 0 Å². The van der Waals surface area contributed by atoms with E-state index in [1.807, 2.05) is 0 Å². The van der Waals surface area contributed by atoms with E-state index in [0.29, 0.717) is 0 Å². The van der Waals surface area contributed by atoms with E-state index in [0.717, 1.165) is 0 Å². The van der Waals surface area contributed by atoms with E-state index < -0.39 is 30.3 Å². The first-order valence-corrected chi connectivity index (χ1v) is 3.42. The number of hydrogen-bond donors (Lipinski definition) is 1. The number of rotatable bonds is 0. The Morgan fingerprint density at radius 2 is 1.17 bits per heavy atom. The zero-order valence-corrected chi connectivity index (χ0v) is 7.93. The summed E-state index contributed by atoms with van der Waals surface area (Å²) in [6.07, 6.45) is -6.93. The number of carboxylic acids is 1. The molecule has 0 radical (unpaired) electrons. The van der Waals surface area contributed by atoms with E-state index in [1.165, 1.54) is 5.92 Å². The highest BCUT2D eigenvalue weighted by Gasteiger charge is 2.49. The van der Waals surface area contributed by atoms with Crippen molar-refractivity contribution in [2.75, 3.05) is 0 Å². The second-order valence-electron chi connectivity index (χ2n) is 2.12. The summed E-state index contributed by atoms with van der Waals surface area (Å²) in [4.78, 5) is 28.4. The maximum absolute atomic E-state index is 11.2. The Hall–Kier alpha value is -2.25. The first kappa shape index (κ1) is 18.1. The Labute approximate surface area is 94.3 Å². The van der Waals surface area contributed by atoms with Crippen LogP contribution in [0.1, 0.15) is 0 Å². The lowest BCUT2D eigenvalue weighted by Gasteiger charge is -2.06. The number of halogens is 6. The van der Waals surface area contributed by atoms with Crippen LogP contribution in [0.3, 0.4) is 0 Å². The Morgan fingerprint density at radius 3 is 1.28 bits per heavy atom. The molecule has 0 aliphatic rings. The van der Waals surface area contributed by atoms with Crippen LogP contribution in [0.15, 0.2) is 0 Å². The van der Waals surface area contributed by atoms with Crippen LogP contribution in [0, 0.1) is 12.3 Å². The molecule has 0 saturated carbocycles. The van der Waals surface area contributed by atoms with Crippen LogP contribution in [0.5, 0.6) is 0 Å². The highest BCUT2D eigenvalue weighted by molar-refractivity contribution is 5.90. The van der Waals surface area contributed by atoms with Gasteiger partial charge in [-0.05, 0) is 0 Å². The quantitative estimate of drug-likeness (QED) is 0.308. The molecular weight excluding hydrogens is 278 g/mol. The summed E-state index contributed by atoms with van der Waals surface area (Å²) in [5, 5.41) is 7.49. The number of esters is 2. The maximum Gasteiger partial charge on any atom is 0.491 e. The third-order valence-corrected chi connectivity index (χ3v) is 0.772. The van der Waals surface area contributed by atoms with E-state index in [-0.39, 0.29) is 0 Å².